The molecule has 0 radical (unpaired) electrons. The van der Waals surface area contributed by atoms with E-state index in [4.69, 9.17) is 4.43 Å². The largest absolute Gasteiger partial charge is 0.406 e. The van der Waals surface area contributed by atoms with E-state index in [0.29, 0.717) is 13.2 Å². The first-order valence-corrected chi connectivity index (χ1v) is 13.5. The Bertz CT molecular complexity index is 905. The number of nitrogens with one attached hydrogen (secondary N) is 1. The lowest BCUT2D eigenvalue weighted by atomic mass is 9.63. The van der Waals surface area contributed by atoms with Crippen LogP contribution in [0, 0.1) is 11.8 Å². The molecule has 0 spiro atoms. The van der Waals surface area contributed by atoms with Gasteiger partial charge in [0.15, 0.2) is 14.1 Å². The predicted molar refractivity (Wildman–Crippen MR) is 121 cm³/mol. The highest BCUT2D eigenvalue weighted by molar-refractivity contribution is 6.74. The van der Waals surface area contributed by atoms with Gasteiger partial charge in [0.2, 0.25) is 0 Å². The smallest absolute Gasteiger partial charge is 0.193 e. The van der Waals surface area contributed by atoms with Crippen molar-refractivity contribution in [2.75, 3.05) is 25.0 Å². The molecule has 1 aromatic rings. The lowest BCUT2D eigenvalue weighted by molar-refractivity contribution is -0.121. The number of likely N-dealkylation sites (tertiary alicyclic amines) is 1. The molecule has 0 unspecified atom stereocenters. The summed E-state index contributed by atoms with van der Waals surface area (Å²) in [6, 6.07) is 8.56. The van der Waals surface area contributed by atoms with Gasteiger partial charge in [0.1, 0.15) is 0 Å². The van der Waals surface area contributed by atoms with E-state index in [-0.39, 0.29) is 22.9 Å². The second kappa shape index (κ2) is 7.12. The average Bonchev–Trinajstić information content (AvgIpc) is 3.06. The van der Waals surface area contributed by atoms with Crippen LogP contribution in [-0.4, -0.2) is 50.8 Å². The maximum absolute atomic E-state index is 13.1. The number of rotatable bonds is 3. The number of hydrogen-bond donors (Lipinski definition) is 1. The summed E-state index contributed by atoms with van der Waals surface area (Å²) in [4.78, 5) is 15.5. The zero-order valence-corrected chi connectivity index (χ0v) is 19.2. The molecule has 1 N–H and O–H groups in total. The van der Waals surface area contributed by atoms with Gasteiger partial charge in [-0.25, -0.2) is 0 Å². The summed E-state index contributed by atoms with van der Waals surface area (Å²) >= 11 is 0. The van der Waals surface area contributed by atoms with Gasteiger partial charge >= 0.3 is 0 Å². The number of ketones is 1. The molecule has 0 amide bonds. The molecule has 3 aliphatic rings. The number of para-hydroxylation sites is 1. The number of anilines is 1. The van der Waals surface area contributed by atoms with E-state index < -0.39 is 13.7 Å². The molecule has 1 saturated heterocycles. The van der Waals surface area contributed by atoms with Crippen LogP contribution < -0.4 is 5.32 Å². The van der Waals surface area contributed by atoms with E-state index in [2.05, 4.69) is 68.1 Å². The van der Waals surface area contributed by atoms with Crippen LogP contribution in [0.3, 0.4) is 0 Å². The number of nitrogens with zero attached hydrogens (tertiary/aromatic N) is 1. The van der Waals surface area contributed by atoms with Gasteiger partial charge in [0, 0.05) is 12.2 Å². The van der Waals surface area contributed by atoms with Crippen molar-refractivity contribution in [3.8, 4) is 11.8 Å². The van der Waals surface area contributed by atoms with E-state index in [1.807, 2.05) is 18.2 Å². The van der Waals surface area contributed by atoms with Crippen molar-refractivity contribution in [2.45, 2.75) is 62.8 Å². The number of fused-ring (bicyclic) bond motifs is 1. The molecule has 5 heteroatoms. The Kier molecular flexibility index (Phi) is 5.01. The molecule has 2 bridgehead atoms. The first-order valence-electron chi connectivity index (χ1n) is 10.6. The Morgan fingerprint density at radius 2 is 2.03 bits per heavy atom. The Balaban J connectivity index is 1.50. The van der Waals surface area contributed by atoms with Crippen molar-refractivity contribution in [1.82, 2.24) is 4.90 Å². The van der Waals surface area contributed by atoms with Crippen molar-refractivity contribution in [3.63, 3.8) is 0 Å². The van der Waals surface area contributed by atoms with E-state index in [1.54, 1.807) is 6.08 Å². The summed E-state index contributed by atoms with van der Waals surface area (Å²) in [5.41, 5.74) is 1.81. The van der Waals surface area contributed by atoms with Crippen LogP contribution in [0.5, 0.6) is 0 Å². The summed E-state index contributed by atoms with van der Waals surface area (Å²) in [6.07, 6.45) is 4.68. The molecule has 4 rings (SSSR count). The Labute approximate surface area is 175 Å². The SMILES string of the molecule is CC(C)(C)[Si](C)(C)OCC#CCN1CC[C@@]23C(=O)C=C[C@@H](Nc4ccccc42)[C@H]13. The topological polar surface area (TPSA) is 41.6 Å². The third-order valence-corrected chi connectivity index (χ3v) is 11.9. The molecule has 1 aliphatic carbocycles. The molecule has 29 heavy (non-hydrogen) atoms. The predicted octanol–water partition coefficient (Wildman–Crippen LogP) is 3.96. The minimum absolute atomic E-state index is 0.130. The van der Waals surface area contributed by atoms with Crippen LogP contribution in [0.1, 0.15) is 32.8 Å². The minimum Gasteiger partial charge on any atom is -0.406 e. The highest BCUT2D eigenvalue weighted by atomic mass is 28.4. The highest BCUT2D eigenvalue weighted by Gasteiger charge is 2.59. The zero-order valence-electron chi connectivity index (χ0n) is 18.2. The van der Waals surface area contributed by atoms with Gasteiger partial charge in [-0.15, -0.1) is 0 Å². The molecule has 1 fully saturated rings. The van der Waals surface area contributed by atoms with Crippen molar-refractivity contribution in [3.05, 3.63) is 42.0 Å². The van der Waals surface area contributed by atoms with Crippen molar-refractivity contribution >= 4 is 19.8 Å². The number of allylic oxidation sites excluding steroid dienone is 1. The van der Waals surface area contributed by atoms with Crippen LogP contribution >= 0.6 is 0 Å². The summed E-state index contributed by atoms with van der Waals surface area (Å²) in [7, 11) is -1.76. The number of carbonyl (C=O) groups is 1. The monoisotopic (exact) mass is 408 g/mol. The van der Waals surface area contributed by atoms with Gasteiger partial charge in [-0.1, -0.05) is 56.9 Å². The standard InChI is InChI=1S/C24H32N2O2Si/c1-23(2,3)29(4,5)28-17-9-8-15-26-16-14-24-18-10-6-7-11-19(18)25-20(22(24)26)12-13-21(24)27/h6-7,10-13,20,22,25H,14-17H2,1-5H3/t20-,22+,24+/m1/s1. The van der Waals surface area contributed by atoms with Crippen LogP contribution in [0.25, 0.3) is 0 Å². The van der Waals surface area contributed by atoms with Crippen LogP contribution in [0.2, 0.25) is 18.1 Å². The van der Waals surface area contributed by atoms with Crippen molar-refractivity contribution in [2.24, 2.45) is 0 Å². The molecule has 2 aliphatic heterocycles. The molecule has 154 valence electrons. The lowest BCUT2D eigenvalue weighted by Crippen LogP contribution is -2.60. The van der Waals surface area contributed by atoms with Crippen molar-refractivity contribution in [1.29, 1.82) is 0 Å². The fraction of sp³-hybridized carbons (Fsp3) is 0.542. The van der Waals surface area contributed by atoms with Gasteiger partial charge in [-0.3, -0.25) is 9.69 Å². The molecule has 4 nitrogen and oxygen atoms in total. The molecule has 0 saturated carbocycles. The van der Waals surface area contributed by atoms with Gasteiger partial charge in [0.25, 0.3) is 0 Å². The Hall–Kier alpha value is -1.87. The molecule has 1 aromatic carbocycles. The minimum atomic E-state index is -1.76. The Morgan fingerprint density at radius 3 is 2.79 bits per heavy atom. The highest BCUT2D eigenvalue weighted by Crippen LogP contribution is 2.50. The summed E-state index contributed by atoms with van der Waals surface area (Å²) in [5, 5.41) is 3.83. The maximum Gasteiger partial charge on any atom is 0.193 e. The molecular weight excluding hydrogens is 376 g/mol. The molecule has 3 atom stereocenters. The number of benzene rings is 1. The summed E-state index contributed by atoms with van der Waals surface area (Å²) in [5.74, 6) is 6.79. The average molecular weight is 409 g/mol. The first kappa shape index (κ1) is 20.4. The second-order valence-electron chi connectivity index (χ2n) is 9.98. The second-order valence-corrected chi connectivity index (χ2v) is 14.8. The summed E-state index contributed by atoms with van der Waals surface area (Å²) < 4.78 is 6.17. The van der Waals surface area contributed by atoms with Crippen LogP contribution in [0.15, 0.2) is 36.4 Å². The fourth-order valence-electron chi connectivity index (χ4n) is 4.72. The normalized spacial score (nSPS) is 28.2. The van der Waals surface area contributed by atoms with Gasteiger partial charge < -0.3 is 9.74 Å². The van der Waals surface area contributed by atoms with Crippen LogP contribution in [-0.2, 0) is 14.6 Å². The van der Waals surface area contributed by atoms with E-state index in [9.17, 15) is 4.79 Å². The lowest BCUT2D eigenvalue weighted by Gasteiger charge is -2.48. The van der Waals surface area contributed by atoms with Crippen LogP contribution in [0.4, 0.5) is 5.69 Å². The van der Waals surface area contributed by atoms with Gasteiger partial charge in [0.05, 0.1) is 30.7 Å². The fourth-order valence-corrected chi connectivity index (χ4v) is 5.58. The van der Waals surface area contributed by atoms with E-state index in [1.165, 1.54) is 0 Å². The van der Waals surface area contributed by atoms with E-state index >= 15 is 0 Å². The molecule has 0 aromatic heterocycles. The first-order chi connectivity index (χ1) is 13.7. The quantitative estimate of drug-likeness (QED) is 0.607. The van der Waals surface area contributed by atoms with Gasteiger partial charge in [-0.2, -0.15) is 0 Å². The molecule has 2 heterocycles. The third-order valence-electron chi connectivity index (χ3n) is 7.37. The Morgan fingerprint density at radius 1 is 1.28 bits per heavy atom. The summed E-state index contributed by atoms with van der Waals surface area (Å²) in [6.45, 7) is 13.3. The van der Waals surface area contributed by atoms with Gasteiger partial charge in [-0.05, 0) is 42.3 Å². The molecular formula is C24H32N2O2Si. The van der Waals surface area contributed by atoms with Crippen molar-refractivity contribution < 1.29 is 9.22 Å². The third kappa shape index (κ3) is 3.28. The maximum atomic E-state index is 13.1. The van der Waals surface area contributed by atoms with E-state index in [0.717, 1.165) is 24.2 Å². The number of carbonyl (C=O) groups excluding carboxylic acids is 1. The zero-order chi connectivity index (χ0) is 20.9. The number of hydrogen-bond acceptors (Lipinski definition) is 4.